The second-order valence-electron chi connectivity index (χ2n) is 4.79. The van der Waals surface area contributed by atoms with Crippen LogP contribution in [0.1, 0.15) is 22.3 Å². The Hall–Kier alpha value is -2.33. The molecule has 0 spiro atoms. The fourth-order valence-corrected chi connectivity index (χ4v) is 2.47. The Bertz CT molecular complexity index is 728. The number of halogens is 1. The number of nitrogens with zero attached hydrogens (tertiary/aromatic N) is 1. The maximum absolute atomic E-state index is 12.3. The molecule has 0 atom stereocenters. The van der Waals surface area contributed by atoms with Crippen molar-refractivity contribution >= 4 is 23.3 Å². The fraction of sp³-hybridized carbons (Fsp3) is 0.125. The van der Waals surface area contributed by atoms with Crippen molar-refractivity contribution in [2.75, 3.05) is 5.32 Å². The lowest BCUT2D eigenvalue weighted by atomic mass is 9.96. The first-order valence-corrected chi connectivity index (χ1v) is 6.91. The summed E-state index contributed by atoms with van der Waals surface area (Å²) < 4.78 is 5.34. The van der Waals surface area contributed by atoms with Crippen LogP contribution >= 0.6 is 11.6 Å². The maximum atomic E-state index is 12.3. The van der Waals surface area contributed by atoms with Crippen LogP contribution in [0.15, 0.2) is 48.9 Å². The second kappa shape index (κ2) is 5.58. The molecule has 0 saturated carbocycles. The quantitative estimate of drug-likeness (QED) is 0.857. The Morgan fingerprint density at radius 2 is 2.19 bits per heavy atom. The third-order valence-corrected chi connectivity index (χ3v) is 3.48. The zero-order valence-electron chi connectivity index (χ0n) is 11.2. The molecule has 3 rings (SSSR count). The van der Waals surface area contributed by atoms with E-state index in [1.807, 2.05) is 12.1 Å². The van der Waals surface area contributed by atoms with Crippen molar-refractivity contribution in [3.05, 3.63) is 65.1 Å². The number of allylic oxidation sites excluding steroid dienone is 1. The number of nitrogens with one attached hydrogen (secondary N) is 1. The van der Waals surface area contributed by atoms with Gasteiger partial charge in [-0.3, -0.25) is 4.98 Å². The van der Waals surface area contributed by atoms with Gasteiger partial charge in [0, 0.05) is 23.6 Å². The van der Waals surface area contributed by atoms with Crippen LogP contribution < -0.4 is 10.1 Å². The lowest BCUT2D eigenvalue weighted by Gasteiger charge is -2.21. The number of carbonyl (C=O) groups excluding carboxylic acids is 1. The minimum atomic E-state index is -0.412. The molecule has 0 fully saturated rings. The zero-order valence-corrected chi connectivity index (χ0v) is 12.0. The Kier molecular flexibility index (Phi) is 3.62. The van der Waals surface area contributed by atoms with E-state index in [0.717, 1.165) is 29.8 Å². The molecule has 0 unspecified atom stereocenters. The van der Waals surface area contributed by atoms with Crippen molar-refractivity contribution in [1.29, 1.82) is 0 Å². The predicted molar refractivity (Wildman–Crippen MR) is 81.7 cm³/mol. The van der Waals surface area contributed by atoms with E-state index in [4.69, 9.17) is 16.3 Å². The highest BCUT2D eigenvalue weighted by atomic mass is 35.5. The normalized spacial score (nSPS) is 13.3. The molecule has 0 radical (unpaired) electrons. The van der Waals surface area contributed by atoms with Crippen LogP contribution in [0.4, 0.5) is 5.69 Å². The average Bonchev–Trinajstić information content (AvgIpc) is 2.46. The molecule has 0 amide bonds. The summed E-state index contributed by atoms with van der Waals surface area (Å²) in [5.41, 5.74) is 3.36. The molecule has 0 aliphatic carbocycles. The van der Waals surface area contributed by atoms with Crippen molar-refractivity contribution < 1.29 is 9.53 Å². The van der Waals surface area contributed by atoms with Crippen LogP contribution in [-0.4, -0.2) is 11.0 Å². The zero-order chi connectivity index (χ0) is 14.8. The standard InChI is InChI=1S/C16H13ClN2O2/c1-10-5-6-13-14(3-2-4-15(13)19-10)16(20)21-12-7-11(17)8-18-9-12/h2-4,7-9,19H,1,5-6H2. The third-order valence-electron chi connectivity index (χ3n) is 3.27. The monoisotopic (exact) mass is 300 g/mol. The first kappa shape index (κ1) is 13.6. The predicted octanol–water partition coefficient (Wildman–Crippen LogP) is 3.83. The van der Waals surface area contributed by atoms with Crippen molar-refractivity contribution in [2.45, 2.75) is 12.8 Å². The number of ether oxygens (including phenoxy) is 1. The van der Waals surface area contributed by atoms with E-state index in [0.29, 0.717) is 16.3 Å². The van der Waals surface area contributed by atoms with Gasteiger partial charge in [-0.25, -0.2) is 4.79 Å². The Morgan fingerprint density at radius 1 is 1.33 bits per heavy atom. The molecule has 1 aliphatic heterocycles. The second-order valence-corrected chi connectivity index (χ2v) is 5.23. The molecule has 0 bridgehead atoms. The molecule has 1 aliphatic rings. The largest absolute Gasteiger partial charge is 0.421 e. The van der Waals surface area contributed by atoms with E-state index in [-0.39, 0.29) is 0 Å². The molecule has 1 N–H and O–H groups in total. The number of benzene rings is 1. The van der Waals surface area contributed by atoms with Crippen LogP contribution in [0.2, 0.25) is 5.02 Å². The van der Waals surface area contributed by atoms with Gasteiger partial charge in [0.05, 0.1) is 16.8 Å². The number of esters is 1. The molecule has 1 aromatic carbocycles. The van der Waals surface area contributed by atoms with Crippen LogP contribution in [0.25, 0.3) is 0 Å². The molecule has 1 aromatic heterocycles. The first-order chi connectivity index (χ1) is 10.1. The molecular formula is C16H13ClN2O2. The summed E-state index contributed by atoms with van der Waals surface area (Å²) in [6, 6.07) is 7.06. The van der Waals surface area contributed by atoms with Crippen LogP contribution in [-0.2, 0) is 6.42 Å². The van der Waals surface area contributed by atoms with Crippen molar-refractivity contribution in [3.63, 3.8) is 0 Å². The van der Waals surface area contributed by atoms with Crippen LogP contribution in [0, 0.1) is 0 Å². The van der Waals surface area contributed by atoms with Gasteiger partial charge >= 0.3 is 5.97 Å². The molecule has 21 heavy (non-hydrogen) atoms. The minimum absolute atomic E-state index is 0.332. The van der Waals surface area contributed by atoms with Gasteiger partial charge in [-0.15, -0.1) is 0 Å². The SMILES string of the molecule is C=C1CCc2c(cccc2C(=O)Oc2cncc(Cl)c2)N1. The number of anilines is 1. The number of rotatable bonds is 2. The number of fused-ring (bicyclic) bond motifs is 1. The molecule has 106 valence electrons. The number of aromatic nitrogens is 1. The van der Waals surface area contributed by atoms with Gasteiger partial charge < -0.3 is 10.1 Å². The summed E-state index contributed by atoms with van der Waals surface area (Å²) in [5, 5.41) is 3.62. The van der Waals surface area contributed by atoms with Gasteiger partial charge in [-0.2, -0.15) is 0 Å². The topological polar surface area (TPSA) is 51.2 Å². The molecule has 4 nitrogen and oxygen atoms in total. The fourth-order valence-electron chi connectivity index (χ4n) is 2.30. The van der Waals surface area contributed by atoms with Crippen LogP contribution in [0.3, 0.4) is 0 Å². The number of hydrogen-bond acceptors (Lipinski definition) is 4. The molecular weight excluding hydrogens is 288 g/mol. The number of hydrogen-bond donors (Lipinski definition) is 1. The van der Waals surface area contributed by atoms with Gasteiger partial charge in [0.2, 0.25) is 0 Å². The molecule has 0 saturated heterocycles. The van der Waals surface area contributed by atoms with E-state index in [2.05, 4.69) is 16.9 Å². The average molecular weight is 301 g/mol. The Balaban J connectivity index is 1.89. The summed E-state index contributed by atoms with van der Waals surface area (Å²) in [6.07, 6.45) is 4.51. The highest BCUT2D eigenvalue weighted by Crippen LogP contribution is 2.29. The van der Waals surface area contributed by atoms with Gasteiger partial charge in [0.1, 0.15) is 0 Å². The third kappa shape index (κ3) is 2.90. The lowest BCUT2D eigenvalue weighted by Crippen LogP contribution is -2.16. The van der Waals surface area contributed by atoms with Crippen molar-refractivity contribution in [1.82, 2.24) is 4.98 Å². The highest BCUT2D eigenvalue weighted by Gasteiger charge is 2.20. The molecule has 2 heterocycles. The van der Waals surface area contributed by atoms with E-state index in [1.54, 1.807) is 12.1 Å². The summed E-state index contributed by atoms with van der Waals surface area (Å²) in [6.45, 7) is 3.91. The number of carbonyl (C=O) groups is 1. The van der Waals surface area contributed by atoms with Gasteiger partial charge in [0.25, 0.3) is 0 Å². The Labute approximate surface area is 127 Å². The lowest BCUT2D eigenvalue weighted by molar-refractivity contribution is 0.0733. The first-order valence-electron chi connectivity index (χ1n) is 6.53. The minimum Gasteiger partial charge on any atom is -0.421 e. The van der Waals surface area contributed by atoms with Crippen LogP contribution in [0.5, 0.6) is 5.75 Å². The van der Waals surface area contributed by atoms with E-state index >= 15 is 0 Å². The summed E-state index contributed by atoms with van der Waals surface area (Å²) in [5.74, 6) is -0.0801. The van der Waals surface area contributed by atoms with Gasteiger partial charge in [-0.05, 0) is 30.5 Å². The summed E-state index contributed by atoms with van der Waals surface area (Å²) in [7, 11) is 0. The summed E-state index contributed by atoms with van der Waals surface area (Å²) >= 11 is 5.83. The van der Waals surface area contributed by atoms with E-state index in [9.17, 15) is 4.79 Å². The smallest absolute Gasteiger partial charge is 0.343 e. The highest BCUT2D eigenvalue weighted by molar-refractivity contribution is 6.30. The number of pyridine rings is 1. The van der Waals surface area contributed by atoms with E-state index in [1.165, 1.54) is 12.4 Å². The van der Waals surface area contributed by atoms with E-state index < -0.39 is 5.97 Å². The van der Waals surface area contributed by atoms with Crippen molar-refractivity contribution in [2.24, 2.45) is 0 Å². The Morgan fingerprint density at radius 3 is 3.00 bits per heavy atom. The summed E-state index contributed by atoms with van der Waals surface area (Å²) in [4.78, 5) is 16.2. The van der Waals surface area contributed by atoms with Gasteiger partial charge in [0.15, 0.2) is 5.75 Å². The maximum Gasteiger partial charge on any atom is 0.343 e. The molecule has 5 heteroatoms. The van der Waals surface area contributed by atoms with Gasteiger partial charge in [-0.1, -0.05) is 24.2 Å². The molecule has 2 aromatic rings. The van der Waals surface area contributed by atoms with Crippen molar-refractivity contribution in [3.8, 4) is 5.75 Å².